The smallest absolute Gasteiger partial charge is 0.239 e. The maximum Gasteiger partial charge on any atom is 0.239 e. The lowest BCUT2D eigenvalue weighted by Gasteiger charge is -2.38. The molecule has 0 spiro atoms. The SMILES string of the molecule is CC(C)C[C@H](N)C(=O)N1CCN(C)C(C)C1. The largest absolute Gasteiger partial charge is 0.339 e. The molecule has 1 amide bonds. The summed E-state index contributed by atoms with van der Waals surface area (Å²) < 4.78 is 0. The number of piperazine rings is 1. The molecule has 1 fully saturated rings. The van der Waals surface area contributed by atoms with Crippen LogP contribution in [0.2, 0.25) is 0 Å². The first-order valence-corrected chi connectivity index (χ1v) is 6.16. The van der Waals surface area contributed by atoms with E-state index in [9.17, 15) is 4.79 Å². The minimum absolute atomic E-state index is 0.119. The van der Waals surface area contributed by atoms with E-state index in [1.54, 1.807) is 0 Å². The highest BCUT2D eigenvalue weighted by Gasteiger charge is 2.27. The zero-order chi connectivity index (χ0) is 12.3. The fourth-order valence-electron chi connectivity index (χ4n) is 2.09. The molecule has 0 aromatic heterocycles. The highest BCUT2D eigenvalue weighted by Crippen LogP contribution is 2.11. The van der Waals surface area contributed by atoms with Crippen LogP contribution in [-0.4, -0.2) is 54.5 Å². The monoisotopic (exact) mass is 227 g/mol. The fourth-order valence-corrected chi connectivity index (χ4v) is 2.09. The lowest BCUT2D eigenvalue weighted by molar-refractivity contribution is -0.135. The first kappa shape index (κ1) is 13.5. The Morgan fingerprint density at radius 1 is 1.44 bits per heavy atom. The van der Waals surface area contributed by atoms with Crippen molar-refractivity contribution in [2.24, 2.45) is 11.7 Å². The van der Waals surface area contributed by atoms with Crippen molar-refractivity contribution in [3.63, 3.8) is 0 Å². The average molecular weight is 227 g/mol. The van der Waals surface area contributed by atoms with Gasteiger partial charge in [-0.2, -0.15) is 0 Å². The molecule has 94 valence electrons. The van der Waals surface area contributed by atoms with Gasteiger partial charge in [0.15, 0.2) is 0 Å². The van der Waals surface area contributed by atoms with Crippen LogP contribution >= 0.6 is 0 Å². The number of likely N-dealkylation sites (N-methyl/N-ethyl adjacent to an activating group) is 1. The van der Waals surface area contributed by atoms with Crippen LogP contribution in [-0.2, 0) is 4.79 Å². The maximum atomic E-state index is 12.1. The van der Waals surface area contributed by atoms with Crippen LogP contribution in [0.3, 0.4) is 0 Å². The summed E-state index contributed by atoms with van der Waals surface area (Å²) in [4.78, 5) is 16.3. The van der Waals surface area contributed by atoms with Gasteiger partial charge in [0.05, 0.1) is 6.04 Å². The van der Waals surface area contributed by atoms with Gasteiger partial charge in [-0.1, -0.05) is 13.8 Å². The molecule has 1 unspecified atom stereocenters. The fraction of sp³-hybridized carbons (Fsp3) is 0.917. The maximum absolute atomic E-state index is 12.1. The van der Waals surface area contributed by atoms with Crippen LogP contribution in [0.15, 0.2) is 0 Å². The number of amides is 1. The number of rotatable bonds is 3. The number of carbonyl (C=O) groups excluding carboxylic acids is 1. The molecule has 2 N–H and O–H groups in total. The summed E-state index contributed by atoms with van der Waals surface area (Å²) in [5.41, 5.74) is 5.92. The molecule has 1 aliphatic rings. The molecule has 0 aliphatic carbocycles. The Hall–Kier alpha value is -0.610. The Morgan fingerprint density at radius 2 is 2.06 bits per heavy atom. The average Bonchev–Trinajstić information content (AvgIpc) is 2.20. The Kier molecular flexibility index (Phi) is 4.74. The molecule has 1 rings (SSSR count). The van der Waals surface area contributed by atoms with Crippen molar-refractivity contribution in [1.82, 2.24) is 9.80 Å². The molecule has 0 radical (unpaired) electrons. The molecule has 0 saturated carbocycles. The second kappa shape index (κ2) is 5.64. The van der Waals surface area contributed by atoms with Gasteiger partial charge >= 0.3 is 0 Å². The lowest BCUT2D eigenvalue weighted by atomic mass is 10.0. The second-order valence-corrected chi connectivity index (χ2v) is 5.35. The van der Waals surface area contributed by atoms with Crippen molar-refractivity contribution in [3.8, 4) is 0 Å². The standard InChI is InChI=1S/C12H25N3O/c1-9(2)7-11(13)12(16)15-6-5-14(4)10(3)8-15/h9-11H,5-8,13H2,1-4H3/t10?,11-/m0/s1. The minimum Gasteiger partial charge on any atom is -0.339 e. The lowest BCUT2D eigenvalue weighted by Crippen LogP contribution is -2.55. The number of hydrogen-bond acceptors (Lipinski definition) is 3. The van der Waals surface area contributed by atoms with E-state index in [2.05, 4.69) is 32.7 Å². The number of hydrogen-bond donors (Lipinski definition) is 1. The molecular weight excluding hydrogens is 202 g/mol. The van der Waals surface area contributed by atoms with Crippen molar-refractivity contribution < 1.29 is 4.79 Å². The zero-order valence-electron chi connectivity index (χ0n) is 10.9. The molecule has 16 heavy (non-hydrogen) atoms. The highest BCUT2D eigenvalue weighted by atomic mass is 16.2. The summed E-state index contributed by atoms with van der Waals surface area (Å²) in [5, 5.41) is 0. The van der Waals surface area contributed by atoms with Gasteiger partial charge in [0.25, 0.3) is 0 Å². The summed E-state index contributed by atoms with van der Waals surface area (Å²) in [6, 6.07) is 0.111. The summed E-state index contributed by atoms with van der Waals surface area (Å²) in [7, 11) is 2.10. The molecule has 0 bridgehead atoms. The topological polar surface area (TPSA) is 49.6 Å². The van der Waals surface area contributed by atoms with Crippen molar-refractivity contribution in [2.75, 3.05) is 26.7 Å². The first-order valence-electron chi connectivity index (χ1n) is 6.16. The van der Waals surface area contributed by atoms with Crippen molar-refractivity contribution in [3.05, 3.63) is 0 Å². The van der Waals surface area contributed by atoms with E-state index in [1.807, 2.05) is 4.90 Å². The van der Waals surface area contributed by atoms with E-state index in [4.69, 9.17) is 5.73 Å². The summed E-state index contributed by atoms with van der Waals surface area (Å²) in [5.74, 6) is 0.595. The van der Waals surface area contributed by atoms with E-state index < -0.39 is 0 Å². The molecule has 0 aromatic carbocycles. The van der Waals surface area contributed by atoms with Gasteiger partial charge in [-0.05, 0) is 26.3 Å². The first-order chi connectivity index (χ1) is 7.41. The summed E-state index contributed by atoms with van der Waals surface area (Å²) in [6.07, 6.45) is 0.777. The van der Waals surface area contributed by atoms with Crippen molar-refractivity contribution in [1.29, 1.82) is 0 Å². The quantitative estimate of drug-likeness (QED) is 0.765. The van der Waals surface area contributed by atoms with Crippen LogP contribution in [0.4, 0.5) is 0 Å². The Labute approximate surface area is 98.8 Å². The minimum atomic E-state index is -0.324. The molecule has 1 saturated heterocycles. The van der Waals surface area contributed by atoms with Gasteiger partial charge in [-0.15, -0.1) is 0 Å². The van der Waals surface area contributed by atoms with Gasteiger partial charge in [0.1, 0.15) is 0 Å². The molecule has 4 nitrogen and oxygen atoms in total. The molecule has 1 aliphatic heterocycles. The Morgan fingerprint density at radius 3 is 2.56 bits per heavy atom. The van der Waals surface area contributed by atoms with Crippen LogP contribution in [0.25, 0.3) is 0 Å². The van der Waals surface area contributed by atoms with Gasteiger partial charge in [0, 0.05) is 25.7 Å². The van der Waals surface area contributed by atoms with E-state index in [0.717, 1.165) is 26.1 Å². The summed E-state index contributed by atoms with van der Waals surface area (Å²) >= 11 is 0. The van der Waals surface area contributed by atoms with Crippen LogP contribution < -0.4 is 5.73 Å². The second-order valence-electron chi connectivity index (χ2n) is 5.35. The van der Waals surface area contributed by atoms with E-state index in [1.165, 1.54) is 0 Å². The van der Waals surface area contributed by atoms with Crippen LogP contribution in [0.1, 0.15) is 27.2 Å². The predicted octanol–water partition coefficient (Wildman–Crippen LogP) is 0.522. The van der Waals surface area contributed by atoms with E-state index >= 15 is 0 Å². The van der Waals surface area contributed by atoms with Crippen LogP contribution in [0.5, 0.6) is 0 Å². The molecular formula is C12H25N3O. The van der Waals surface area contributed by atoms with Crippen LogP contribution in [0, 0.1) is 5.92 Å². The molecule has 0 aromatic rings. The third kappa shape index (κ3) is 3.46. The Balaban J connectivity index is 2.48. The van der Waals surface area contributed by atoms with Crippen molar-refractivity contribution >= 4 is 5.91 Å². The highest BCUT2D eigenvalue weighted by molar-refractivity contribution is 5.81. The number of carbonyl (C=O) groups is 1. The van der Waals surface area contributed by atoms with Gasteiger partial charge in [-0.25, -0.2) is 0 Å². The van der Waals surface area contributed by atoms with E-state index in [-0.39, 0.29) is 11.9 Å². The number of nitrogens with two attached hydrogens (primary N) is 1. The van der Waals surface area contributed by atoms with Crippen molar-refractivity contribution in [2.45, 2.75) is 39.3 Å². The zero-order valence-corrected chi connectivity index (χ0v) is 10.9. The Bertz CT molecular complexity index is 242. The van der Waals surface area contributed by atoms with E-state index in [0.29, 0.717) is 12.0 Å². The predicted molar refractivity (Wildman–Crippen MR) is 66.1 cm³/mol. The van der Waals surface area contributed by atoms with Gasteiger partial charge in [0.2, 0.25) is 5.91 Å². The third-order valence-corrected chi connectivity index (χ3v) is 3.31. The normalized spacial score (nSPS) is 24.9. The van der Waals surface area contributed by atoms with Gasteiger partial charge in [-0.3, -0.25) is 4.79 Å². The van der Waals surface area contributed by atoms with Gasteiger partial charge < -0.3 is 15.5 Å². The molecule has 1 heterocycles. The third-order valence-electron chi connectivity index (χ3n) is 3.31. The molecule has 4 heteroatoms. The number of nitrogens with zero attached hydrogens (tertiary/aromatic N) is 2. The summed E-state index contributed by atoms with van der Waals surface area (Å²) in [6.45, 7) is 8.90. The molecule has 2 atom stereocenters.